The topological polar surface area (TPSA) is 71.5 Å². The lowest BCUT2D eigenvalue weighted by Crippen LogP contribution is -2.46. The molecule has 0 unspecified atom stereocenters. The van der Waals surface area contributed by atoms with Crippen molar-refractivity contribution >= 4 is 22.7 Å². The van der Waals surface area contributed by atoms with Gasteiger partial charge in [-0.1, -0.05) is 18.2 Å². The quantitative estimate of drug-likeness (QED) is 0.816. The predicted octanol–water partition coefficient (Wildman–Crippen LogP) is 1.99. The summed E-state index contributed by atoms with van der Waals surface area (Å²) in [5, 5.41) is 3.93. The van der Waals surface area contributed by atoms with Crippen molar-refractivity contribution in [1.29, 1.82) is 0 Å². The summed E-state index contributed by atoms with van der Waals surface area (Å²) in [4.78, 5) is 30.0. The van der Waals surface area contributed by atoms with Crippen LogP contribution >= 0.6 is 0 Å². The lowest BCUT2D eigenvalue weighted by molar-refractivity contribution is -0.138. The van der Waals surface area contributed by atoms with E-state index in [1.54, 1.807) is 11.1 Å². The molecule has 6 heteroatoms. The second-order valence-corrected chi connectivity index (χ2v) is 6.14. The molecular weight excluding hydrogens is 318 g/mol. The number of fused-ring (bicyclic) bond motifs is 1. The zero-order chi connectivity index (χ0) is 17.6. The minimum absolute atomic E-state index is 0.00871. The Bertz CT molecular complexity index is 757. The van der Waals surface area contributed by atoms with E-state index in [1.807, 2.05) is 37.3 Å². The molecule has 1 fully saturated rings. The molecule has 1 atom stereocenters. The summed E-state index contributed by atoms with van der Waals surface area (Å²) in [5.41, 5.74) is 0.820. The average Bonchev–Trinajstić information content (AvgIpc) is 2.65. The van der Waals surface area contributed by atoms with Gasteiger partial charge in [0, 0.05) is 31.1 Å². The van der Waals surface area contributed by atoms with Gasteiger partial charge in [-0.3, -0.25) is 14.6 Å². The van der Waals surface area contributed by atoms with Gasteiger partial charge >= 0.3 is 0 Å². The van der Waals surface area contributed by atoms with Gasteiger partial charge in [-0.15, -0.1) is 0 Å². The lowest BCUT2D eigenvalue weighted by Gasteiger charge is -2.31. The van der Waals surface area contributed by atoms with Gasteiger partial charge in [0.25, 0.3) is 0 Å². The van der Waals surface area contributed by atoms with Crippen LogP contribution in [0.25, 0.3) is 10.9 Å². The monoisotopic (exact) mass is 341 g/mol. The number of rotatable bonds is 6. The fraction of sp³-hybridized carbons (Fsp3) is 0.421. The van der Waals surface area contributed by atoms with Crippen LogP contribution in [0.15, 0.2) is 36.5 Å². The van der Waals surface area contributed by atoms with Crippen LogP contribution < -0.4 is 10.1 Å². The third kappa shape index (κ3) is 4.07. The molecular formula is C19H23N3O3. The van der Waals surface area contributed by atoms with E-state index in [9.17, 15) is 9.59 Å². The Morgan fingerprint density at radius 3 is 3.04 bits per heavy atom. The van der Waals surface area contributed by atoms with Crippen LogP contribution in [-0.4, -0.2) is 47.9 Å². The summed E-state index contributed by atoms with van der Waals surface area (Å²) >= 11 is 0. The van der Waals surface area contributed by atoms with Gasteiger partial charge in [-0.25, -0.2) is 0 Å². The fourth-order valence-electron chi connectivity index (χ4n) is 3.11. The molecule has 1 aliphatic rings. The van der Waals surface area contributed by atoms with Gasteiger partial charge in [-0.2, -0.15) is 0 Å². The van der Waals surface area contributed by atoms with Crippen LogP contribution in [0, 0.1) is 5.92 Å². The predicted molar refractivity (Wildman–Crippen MR) is 95.2 cm³/mol. The highest BCUT2D eigenvalue weighted by molar-refractivity contribution is 5.84. The summed E-state index contributed by atoms with van der Waals surface area (Å²) in [5.74, 6) is 0.716. The molecule has 2 amide bonds. The van der Waals surface area contributed by atoms with Crippen LogP contribution in [0.1, 0.15) is 19.8 Å². The summed E-state index contributed by atoms with van der Waals surface area (Å²) in [6, 6.07) is 9.67. The second-order valence-electron chi connectivity index (χ2n) is 6.14. The van der Waals surface area contributed by atoms with Crippen molar-refractivity contribution in [3.05, 3.63) is 36.5 Å². The smallest absolute Gasteiger partial charge is 0.225 e. The van der Waals surface area contributed by atoms with E-state index >= 15 is 0 Å². The first-order valence-corrected chi connectivity index (χ1v) is 8.71. The van der Waals surface area contributed by atoms with Crippen molar-refractivity contribution in [2.75, 3.05) is 26.2 Å². The number of carbonyl (C=O) groups excluding carboxylic acids is 2. The number of piperidine rings is 1. The Hall–Kier alpha value is -2.63. The minimum Gasteiger partial charge on any atom is -0.489 e. The van der Waals surface area contributed by atoms with Gasteiger partial charge in [0.2, 0.25) is 11.8 Å². The summed E-state index contributed by atoms with van der Waals surface area (Å²) in [6.07, 6.45) is 2.81. The number of carbonyl (C=O) groups is 2. The maximum Gasteiger partial charge on any atom is 0.225 e. The Morgan fingerprint density at radius 1 is 1.36 bits per heavy atom. The van der Waals surface area contributed by atoms with Crippen LogP contribution in [0.4, 0.5) is 0 Å². The number of aromatic nitrogens is 1. The molecule has 0 radical (unpaired) electrons. The summed E-state index contributed by atoms with van der Waals surface area (Å²) < 4.78 is 5.77. The van der Waals surface area contributed by atoms with Gasteiger partial charge in [0.05, 0.1) is 12.5 Å². The maximum atomic E-state index is 12.3. The standard InChI is InChI=1S/C19H23N3O3/c1-2-22-13-15(8-9-17(22)23)19(24)21-11-12-25-16-7-3-5-14-6-4-10-20-18(14)16/h3-7,10,15H,2,8-9,11-13H2,1H3,(H,21,24)/t15-/m0/s1. The van der Waals surface area contributed by atoms with Crippen molar-refractivity contribution in [3.8, 4) is 5.75 Å². The molecule has 1 aliphatic heterocycles. The first-order chi connectivity index (χ1) is 12.2. The third-order valence-corrected chi connectivity index (χ3v) is 4.51. The number of hydrogen-bond donors (Lipinski definition) is 1. The van der Waals surface area contributed by atoms with E-state index in [0.717, 1.165) is 10.9 Å². The number of ether oxygens (including phenoxy) is 1. The number of likely N-dealkylation sites (tertiary alicyclic amines) is 1. The molecule has 25 heavy (non-hydrogen) atoms. The molecule has 1 N–H and O–H groups in total. The van der Waals surface area contributed by atoms with Crippen molar-refractivity contribution < 1.29 is 14.3 Å². The number of hydrogen-bond acceptors (Lipinski definition) is 4. The van der Waals surface area contributed by atoms with E-state index in [4.69, 9.17) is 4.74 Å². The Morgan fingerprint density at radius 2 is 2.20 bits per heavy atom. The molecule has 0 spiro atoms. The fourth-order valence-corrected chi connectivity index (χ4v) is 3.11. The minimum atomic E-state index is -0.128. The normalized spacial score (nSPS) is 17.6. The molecule has 0 aliphatic carbocycles. The average molecular weight is 341 g/mol. The van der Waals surface area contributed by atoms with Crippen molar-refractivity contribution in [2.45, 2.75) is 19.8 Å². The van der Waals surface area contributed by atoms with Crippen molar-refractivity contribution in [3.63, 3.8) is 0 Å². The first kappa shape index (κ1) is 17.2. The van der Waals surface area contributed by atoms with E-state index in [0.29, 0.717) is 44.8 Å². The van der Waals surface area contributed by atoms with Crippen LogP contribution in [-0.2, 0) is 9.59 Å². The molecule has 0 bridgehead atoms. The van der Waals surface area contributed by atoms with Gasteiger partial charge in [0.15, 0.2) is 0 Å². The molecule has 2 heterocycles. The Kier molecular flexibility index (Phi) is 5.48. The number of amides is 2. The number of nitrogens with one attached hydrogen (secondary N) is 1. The maximum absolute atomic E-state index is 12.3. The van der Waals surface area contributed by atoms with Gasteiger partial charge < -0.3 is 15.0 Å². The van der Waals surface area contributed by atoms with Gasteiger partial charge in [-0.05, 0) is 25.5 Å². The third-order valence-electron chi connectivity index (χ3n) is 4.51. The Balaban J connectivity index is 1.48. The SMILES string of the molecule is CCN1C[C@@H](C(=O)NCCOc2cccc3cccnc23)CCC1=O. The van der Waals surface area contributed by atoms with Gasteiger partial charge in [0.1, 0.15) is 17.9 Å². The zero-order valence-corrected chi connectivity index (χ0v) is 14.4. The molecule has 3 rings (SSSR count). The summed E-state index contributed by atoms with van der Waals surface area (Å²) in [7, 11) is 0. The first-order valence-electron chi connectivity index (χ1n) is 8.71. The highest BCUT2D eigenvalue weighted by atomic mass is 16.5. The van der Waals surface area contributed by atoms with Crippen LogP contribution in [0.5, 0.6) is 5.75 Å². The zero-order valence-electron chi connectivity index (χ0n) is 14.4. The number of para-hydroxylation sites is 1. The highest BCUT2D eigenvalue weighted by Gasteiger charge is 2.28. The number of nitrogens with zero attached hydrogens (tertiary/aromatic N) is 2. The number of benzene rings is 1. The molecule has 1 aromatic heterocycles. The van der Waals surface area contributed by atoms with Crippen LogP contribution in [0.2, 0.25) is 0 Å². The molecule has 132 valence electrons. The van der Waals surface area contributed by atoms with Crippen molar-refractivity contribution in [1.82, 2.24) is 15.2 Å². The number of pyridine rings is 1. The highest BCUT2D eigenvalue weighted by Crippen LogP contribution is 2.22. The van der Waals surface area contributed by atoms with E-state index in [2.05, 4.69) is 10.3 Å². The Labute approximate surface area is 147 Å². The van der Waals surface area contributed by atoms with E-state index < -0.39 is 0 Å². The molecule has 0 saturated carbocycles. The summed E-state index contributed by atoms with van der Waals surface area (Å²) in [6.45, 7) is 3.91. The van der Waals surface area contributed by atoms with E-state index in [1.165, 1.54) is 0 Å². The largest absolute Gasteiger partial charge is 0.489 e. The second kappa shape index (κ2) is 7.96. The molecule has 1 saturated heterocycles. The van der Waals surface area contributed by atoms with Crippen molar-refractivity contribution in [2.24, 2.45) is 5.92 Å². The molecule has 6 nitrogen and oxygen atoms in total. The van der Waals surface area contributed by atoms with Crippen LogP contribution in [0.3, 0.4) is 0 Å². The van der Waals surface area contributed by atoms with E-state index in [-0.39, 0.29) is 17.7 Å². The molecule has 2 aromatic rings. The molecule has 1 aromatic carbocycles. The lowest BCUT2D eigenvalue weighted by atomic mass is 9.96.